The lowest BCUT2D eigenvalue weighted by atomic mass is 9.82. The van der Waals surface area contributed by atoms with Crippen molar-refractivity contribution in [1.29, 1.82) is 0 Å². The fraction of sp³-hybridized carbons (Fsp3) is 0.633. The van der Waals surface area contributed by atoms with Crippen LogP contribution in [0.1, 0.15) is 99.2 Å². The molecule has 2 amide bonds. The predicted molar refractivity (Wildman–Crippen MR) is 158 cm³/mol. The Labute approximate surface area is 251 Å². The van der Waals surface area contributed by atoms with E-state index >= 15 is 0 Å². The minimum Gasteiger partial charge on any atom is -0.481 e. The SMILES string of the molecule is CC(=O)O[C@H](CC(C(C)C)N(C)C(=O)CC1CCC1)c1nc(C(=O)N[C@@H](Cc2ncc(C)cn2)C[C@H](C)C(=O)O)cs1. The van der Waals surface area contributed by atoms with Gasteiger partial charge in [0.05, 0.1) is 5.92 Å². The van der Waals surface area contributed by atoms with Crippen LogP contribution in [0.4, 0.5) is 0 Å². The normalized spacial score (nSPS) is 16.2. The van der Waals surface area contributed by atoms with Gasteiger partial charge in [-0.2, -0.15) is 0 Å². The molecule has 0 bridgehead atoms. The molecule has 2 N–H and O–H groups in total. The monoisotopic (exact) mass is 601 g/mol. The number of carboxylic acids is 1. The fourth-order valence-corrected chi connectivity index (χ4v) is 5.87. The number of ether oxygens (including phenoxy) is 1. The Morgan fingerprint density at radius 2 is 1.81 bits per heavy atom. The molecule has 0 aliphatic heterocycles. The average molecular weight is 602 g/mol. The second-order valence-corrected chi connectivity index (χ2v) is 12.6. The van der Waals surface area contributed by atoms with Crippen molar-refractivity contribution < 1.29 is 29.0 Å². The Kier molecular flexibility index (Phi) is 12.0. The quantitative estimate of drug-likeness (QED) is 0.284. The van der Waals surface area contributed by atoms with E-state index in [0.29, 0.717) is 29.6 Å². The van der Waals surface area contributed by atoms with E-state index in [4.69, 9.17) is 4.74 Å². The number of esters is 1. The largest absolute Gasteiger partial charge is 0.481 e. The van der Waals surface area contributed by atoms with Crippen molar-refractivity contribution in [3.8, 4) is 0 Å². The lowest BCUT2D eigenvalue weighted by Crippen LogP contribution is -2.42. The van der Waals surface area contributed by atoms with Crippen LogP contribution in [0.25, 0.3) is 0 Å². The summed E-state index contributed by atoms with van der Waals surface area (Å²) in [6.45, 7) is 8.83. The molecule has 3 rings (SSSR count). The van der Waals surface area contributed by atoms with Crippen LogP contribution in [-0.2, 0) is 25.5 Å². The van der Waals surface area contributed by atoms with Gasteiger partial charge in [0.25, 0.3) is 5.91 Å². The Balaban J connectivity index is 1.75. The van der Waals surface area contributed by atoms with Gasteiger partial charge in [0.15, 0.2) is 6.10 Å². The number of nitrogens with one attached hydrogen (secondary N) is 1. The first kappa shape index (κ1) is 33.1. The highest BCUT2D eigenvalue weighted by molar-refractivity contribution is 7.09. The number of hydrogen-bond acceptors (Lipinski definition) is 9. The minimum atomic E-state index is -0.963. The van der Waals surface area contributed by atoms with Crippen LogP contribution in [0.5, 0.6) is 0 Å². The summed E-state index contributed by atoms with van der Waals surface area (Å²) >= 11 is 1.21. The van der Waals surface area contributed by atoms with Gasteiger partial charge in [0, 0.05) is 63.1 Å². The van der Waals surface area contributed by atoms with Crippen LogP contribution < -0.4 is 5.32 Å². The zero-order valence-electron chi connectivity index (χ0n) is 25.3. The van der Waals surface area contributed by atoms with Crippen LogP contribution in [0.3, 0.4) is 0 Å². The first-order valence-electron chi connectivity index (χ1n) is 14.5. The van der Waals surface area contributed by atoms with Gasteiger partial charge in [-0.1, -0.05) is 27.2 Å². The molecular formula is C30H43N5O6S. The fourth-order valence-electron chi connectivity index (χ4n) is 5.03. The molecule has 0 spiro atoms. The summed E-state index contributed by atoms with van der Waals surface area (Å²) in [5, 5.41) is 14.4. The first-order chi connectivity index (χ1) is 19.8. The van der Waals surface area contributed by atoms with Crippen molar-refractivity contribution in [2.75, 3.05) is 7.05 Å². The molecule has 1 aliphatic rings. The average Bonchev–Trinajstić information content (AvgIpc) is 3.39. The van der Waals surface area contributed by atoms with Gasteiger partial charge >= 0.3 is 11.9 Å². The Morgan fingerprint density at radius 3 is 2.36 bits per heavy atom. The maximum atomic E-state index is 13.3. The summed E-state index contributed by atoms with van der Waals surface area (Å²) in [5.41, 5.74) is 1.03. The van der Waals surface area contributed by atoms with E-state index in [0.717, 1.165) is 18.4 Å². The number of hydrogen-bond donors (Lipinski definition) is 2. The van der Waals surface area contributed by atoms with Gasteiger partial charge in [-0.3, -0.25) is 19.2 Å². The summed E-state index contributed by atoms with van der Waals surface area (Å²) in [4.78, 5) is 64.7. The molecule has 1 fully saturated rings. The standard InChI is InChI=1S/C30H43N5O6S/c1-17(2)24(35(6)27(37)11-21-8-7-9-21)13-25(41-20(5)36)29-34-23(16-42-29)28(38)33-22(10-19(4)30(39)40)12-26-31-14-18(3)15-32-26/h14-17,19,21-22,24-25H,7-13H2,1-6H3,(H,33,38)(H,39,40)/t19-,22+,24?,25+/m0/s1. The molecule has 12 heteroatoms. The molecular weight excluding hydrogens is 558 g/mol. The number of aromatic nitrogens is 3. The molecule has 11 nitrogen and oxygen atoms in total. The molecule has 230 valence electrons. The van der Waals surface area contributed by atoms with Crippen molar-refractivity contribution >= 4 is 35.1 Å². The predicted octanol–water partition coefficient (Wildman–Crippen LogP) is 4.36. The number of carbonyl (C=O) groups is 4. The number of amides is 2. The summed E-state index contributed by atoms with van der Waals surface area (Å²) in [5.74, 6) is -1.49. The number of nitrogens with zero attached hydrogens (tertiary/aromatic N) is 4. The zero-order valence-corrected chi connectivity index (χ0v) is 26.1. The highest BCUT2D eigenvalue weighted by Gasteiger charge is 2.32. The maximum Gasteiger partial charge on any atom is 0.306 e. The van der Waals surface area contributed by atoms with E-state index in [2.05, 4.69) is 20.3 Å². The number of thiazole rings is 1. The highest BCUT2D eigenvalue weighted by Crippen LogP contribution is 2.33. The van der Waals surface area contributed by atoms with Gasteiger partial charge < -0.3 is 20.1 Å². The molecule has 2 aromatic rings. The van der Waals surface area contributed by atoms with Crippen LogP contribution in [0, 0.1) is 24.7 Å². The number of carboxylic acid groups (broad SMARTS) is 1. The molecule has 1 unspecified atom stereocenters. The molecule has 4 atom stereocenters. The Hall–Kier alpha value is -3.41. The summed E-state index contributed by atoms with van der Waals surface area (Å²) in [6.07, 6.45) is 7.26. The van der Waals surface area contributed by atoms with Crippen molar-refractivity contribution in [2.45, 2.75) is 97.8 Å². The van der Waals surface area contributed by atoms with Gasteiger partial charge in [0.2, 0.25) is 5.91 Å². The zero-order chi connectivity index (χ0) is 31.0. The third kappa shape index (κ3) is 9.57. The van der Waals surface area contributed by atoms with Gasteiger partial charge in [-0.15, -0.1) is 11.3 Å². The van der Waals surface area contributed by atoms with Gasteiger partial charge in [0.1, 0.15) is 16.5 Å². The Bertz CT molecular complexity index is 1230. The number of carbonyl (C=O) groups excluding carboxylic acids is 3. The van der Waals surface area contributed by atoms with E-state index in [9.17, 15) is 24.3 Å². The summed E-state index contributed by atoms with van der Waals surface area (Å²) in [6, 6.07) is -0.735. The lowest BCUT2D eigenvalue weighted by Gasteiger charge is -2.35. The van der Waals surface area contributed by atoms with Crippen LogP contribution >= 0.6 is 11.3 Å². The molecule has 1 saturated carbocycles. The van der Waals surface area contributed by atoms with Crippen molar-refractivity contribution in [3.05, 3.63) is 39.9 Å². The highest BCUT2D eigenvalue weighted by atomic mass is 32.1. The van der Waals surface area contributed by atoms with Crippen LogP contribution in [0.2, 0.25) is 0 Å². The van der Waals surface area contributed by atoms with E-state index < -0.39 is 35.9 Å². The third-order valence-electron chi connectivity index (χ3n) is 7.80. The van der Waals surface area contributed by atoms with Crippen LogP contribution in [-0.4, -0.2) is 67.8 Å². The molecule has 0 aromatic carbocycles. The molecule has 2 aromatic heterocycles. The molecule has 2 heterocycles. The smallest absolute Gasteiger partial charge is 0.306 e. The van der Waals surface area contributed by atoms with E-state index in [-0.39, 0.29) is 36.4 Å². The number of aryl methyl sites for hydroxylation is 1. The van der Waals surface area contributed by atoms with Gasteiger partial charge in [-0.05, 0) is 43.6 Å². The topological polar surface area (TPSA) is 152 Å². The third-order valence-corrected chi connectivity index (χ3v) is 8.74. The minimum absolute atomic E-state index is 0.0818. The second kappa shape index (κ2) is 15.2. The molecule has 42 heavy (non-hydrogen) atoms. The number of aliphatic carboxylic acids is 1. The van der Waals surface area contributed by atoms with Crippen molar-refractivity contribution in [3.63, 3.8) is 0 Å². The molecule has 1 aliphatic carbocycles. The van der Waals surface area contributed by atoms with E-state index in [1.807, 2.05) is 20.8 Å². The second-order valence-electron chi connectivity index (χ2n) is 11.7. The molecule has 0 saturated heterocycles. The number of rotatable bonds is 15. The van der Waals surface area contributed by atoms with E-state index in [1.54, 1.807) is 36.6 Å². The van der Waals surface area contributed by atoms with E-state index in [1.165, 1.54) is 24.7 Å². The Morgan fingerprint density at radius 1 is 1.14 bits per heavy atom. The maximum absolute atomic E-state index is 13.3. The lowest BCUT2D eigenvalue weighted by molar-refractivity contribution is -0.148. The van der Waals surface area contributed by atoms with Crippen molar-refractivity contribution in [1.82, 2.24) is 25.2 Å². The molecule has 0 radical (unpaired) electrons. The van der Waals surface area contributed by atoms with Gasteiger partial charge in [-0.25, -0.2) is 15.0 Å². The summed E-state index contributed by atoms with van der Waals surface area (Å²) in [7, 11) is 1.80. The summed E-state index contributed by atoms with van der Waals surface area (Å²) < 4.78 is 5.66. The first-order valence-corrected chi connectivity index (χ1v) is 15.4. The van der Waals surface area contributed by atoms with Crippen molar-refractivity contribution in [2.24, 2.45) is 17.8 Å². The van der Waals surface area contributed by atoms with Crippen LogP contribution in [0.15, 0.2) is 17.8 Å².